The standard InChI is InChI=1S/C30H32ClF2N6O2P/c1-42(2,40)27-12-21(41-29(32)33)9-10-26(27)37-28-25(31)14-35-30(38-28)36-19-6-3-17-4-7-20(8-5-18(17)11-19)39-15-23-22(13-34)24(23)16-39/h3,6,9-12,14,20,22-24,29H,4-5,7-8,15-16H2,1-2H3,(H2,35,36,37,38)/t20-,22?,23?,24?/m0/s1. The number of aryl methyl sites for hydroxylation is 2. The Labute approximate surface area is 248 Å². The van der Waals surface area contributed by atoms with E-state index in [-0.39, 0.29) is 22.5 Å². The Morgan fingerprint density at radius 2 is 1.83 bits per heavy atom. The van der Waals surface area contributed by atoms with Gasteiger partial charge in [-0.1, -0.05) is 17.7 Å². The molecule has 2 heterocycles. The Bertz CT molecular complexity index is 1580. The molecule has 2 N–H and O–H groups in total. The van der Waals surface area contributed by atoms with Gasteiger partial charge in [-0.15, -0.1) is 0 Å². The number of nitrogens with one attached hydrogen (secondary N) is 2. The number of hydrogen-bond donors (Lipinski definition) is 2. The van der Waals surface area contributed by atoms with Gasteiger partial charge in [0, 0.05) is 30.1 Å². The van der Waals surface area contributed by atoms with E-state index in [9.17, 15) is 18.6 Å². The first-order chi connectivity index (χ1) is 20.1. The zero-order valence-electron chi connectivity index (χ0n) is 23.4. The van der Waals surface area contributed by atoms with Crippen LogP contribution >= 0.6 is 18.7 Å². The first-order valence-electron chi connectivity index (χ1n) is 14.1. The van der Waals surface area contributed by atoms with Crippen molar-refractivity contribution in [2.45, 2.75) is 38.3 Å². The van der Waals surface area contributed by atoms with Crippen LogP contribution in [-0.2, 0) is 17.4 Å². The largest absolute Gasteiger partial charge is 0.435 e. The number of anilines is 4. The Balaban J connectivity index is 1.15. The van der Waals surface area contributed by atoms with E-state index in [1.54, 1.807) is 13.3 Å². The lowest BCUT2D eigenvalue weighted by Gasteiger charge is -2.28. The number of alkyl halides is 2. The molecular formula is C30H32ClF2N6O2P. The van der Waals surface area contributed by atoms with E-state index in [0.717, 1.165) is 44.5 Å². The highest BCUT2D eigenvalue weighted by Crippen LogP contribution is 2.52. The van der Waals surface area contributed by atoms with E-state index >= 15 is 0 Å². The van der Waals surface area contributed by atoms with Gasteiger partial charge in [-0.3, -0.25) is 4.90 Å². The summed E-state index contributed by atoms with van der Waals surface area (Å²) in [6, 6.07) is 13.6. The molecule has 0 radical (unpaired) electrons. The second-order valence-electron chi connectivity index (χ2n) is 11.7. The van der Waals surface area contributed by atoms with Gasteiger partial charge in [-0.25, -0.2) is 4.98 Å². The third-order valence-electron chi connectivity index (χ3n) is 8.62. The lowest BCUT2D eigenvalue weighted by molar-refractivity contribution is -0.0497. The van der Waals surface area contributed by atoms with Crippen molar-refractivity contribution in [3.63, 3.8) is 0 Å². The van der Waals surface area contributed by atoms with Gasteiger partial charge in [0.05, 0.1) is 23.9 Å². The molecule has 6 rings (SSSR count). The van der Waals surface area contributed by atoms with Crippen LogP contribution in [0, 0.1) is 29.1 Å². The number of nitrogens with zero attached hydrogens (tertiary/aromatic N) is 4. The van der Waals surface area contributed by atoms with Gasteiger partial charge in [0.2, 0.25) is 5.95 Å². The van der Waals surface area contributed by atoms with Gasteiger partial charge in [0.25, 0.3) is 0 Å². The van der Waals surface area contributed by atoms with Crippen molar-refractivity contribution in [3.8, 4) is 11.8 Å². The van der Waals surface area contributed by atoms with Crippen LogP contribution in [0.15, 0.2) is 42.6 Å². The minimum Gasteiger partial charge on any atom is -0.435 e. The number of ether oxygens (including phenoxy) is 1. The first kappa shape index (κ1) is 28.9. The maximum Gasteiger partial charge on any atom is 0.387 e. The number of halogens is 3. The van der Waals surface area contributed by atoms with Gasteiger partial charge in [-0.05, 0) is 92.3 Å². The molecule has 0 amide bonds. The summed E-state index contributed by atoms with van der Waals surface area (Å²) in [6.07, 6.45) is 5.71. The summed E-state index contributed by atoms with van der Waals surface area (Å²) in [5.74, 6) is 1.96. The zero-order valence-corrected chi connectivity index (χ0v) is 25.0. The van der Waals surface area contributed by atoms with Crippen molar-refractivity contribution in [1.29, 1.82) is 5.26 Å². The number of piperidine rings is 1. The molecule has 220 valence electrons. The molecule has 1 saturated heterocycles. The fourth-order valence-electron chi connectivity index (χ4n) is 6.39. The Hall–Kier alpha value is -3.25. The highest BCUT2D eigenvalue weighted by atomic mass is 35.5. The molecule has 0 spiro atoms. The molecule has 1 saturated carbocycles. The summed E-state index contributed by atoms with van der Waals surface area (Å²) in [6.45, 7) is 2.23. The number of benzene rings is 2. The summed E-state index contributed by atoms with van der Waals surface area (Å²) in [5, 5.41) is 16.2. The molecule has 12 heteroatoms. The second kappa shape index (κ2) is 11.4. The quantitative estimate of drug-likeness (QED) is 0.222. The molecule has 8 nitrogen and oxygen atoms in total. The highest BCUT2D eigenvalue weighted by Gasteiger charge is 2.56. The molecule has 2 unspecified atom stereocenters. The van der Waals surface area contributed by atoms with Gasteiger partial charge >= 0.3 is 6.61 Å². The number of hydrogen-bond acceptors (Lipinski definition) is 8. The molecule has 1 aromatic heterocycles. The minimum absolute atomic E-state index is 0.0789. The van der Waals surface area contributed by atoms with Crippen LogP contribution in [0.4, 0.5) is 31.9 Å². The number of fused-ring (bicyclic) bond motifs is 2. The van der Waals surface area contributed by atoms with Crippen LogP contribution in [0.2, 0.25) is 5.02 Å². The summed E-state index contributed by atoms with van der Waals surface area (Å²) < 4.78 is 43.0. The van der Waals surface area contributed by atoms with Crippen molar-refractivity contribution >= 4 is 47.2 Å². The van der Waals surface area contributed by atoms with Crippen molar-refractivity contribution in [2.24, 2.45) is 17.8 Å². The first-order valence-corrected chi connectivity index (χ1v) is 17.0. The number of rotatable bonds is 8. The summed E-state index contributed by atoms with van der Waals surface area (Å²) in [7, 11) is -2.88. The predicted octanol–water partition coefficient (Wildman–Crippen LogP) is 6.42. The topological polar surface area (TPSA) is 103 Å². The van der Waals surface area contributed by atoms with E-state index in [0.29, 0.717) is 34.8 Å². The molecular weight excluding hydrogens is 581 g/mol. The second-order valence-corrected chi connectivity index (χ2v) is 15.3. The summed E-state index contributed by atoms with van der Waals surface area (Å²) >= 11 is 6.40. The Kier molecular flexibility index (Phi) is 7.86. The highest BCUT2D eigenvalue weighted by molar-refractivity contribution is 7.70. The number of likely N-dealkylation sites (tertiary alicyclic amines) is 1. The van der Waals surface area contributed by atoms with E-state index in [4.69, 9.17) is 11.6 Å². The average molecular weight is 613 g/mol. The molecule has 2 fully saturated rings. The van der Waals surface area contributed by atoms with Crippen LogP contribution in [0.1, 0.15) is 24.0 Å². The van der Waals surface area contributed by atoms with Gasteiger partial charge in [0.15, 0.2) is 5.82 Å². The van der Waals surface area contributed by atoms with Crippen molar-refractivity contribution in [1.82, 2.24) is 14.9 Å². The Morgan fingerprint density at radius 3 is 2.52 bits per heavy atom. The van der Waals surface area contributed by atoms with Crippen molar-refractivity contribution < 1.29 is 18.1 Å². The minimum atomic E-state index is -2.99. The fraction of sp³-hybridized carbons (Fsp3) is 0.433. The van der Waals surface area contributed by atoms with Gasteiger partial charge < -0.3 is 19.9 Å². The van der Waals surface area contributed by atoms with Crippen LogP contribution in [0.5, 0.6) is 5.75 Å². The number of aromatic nitrogens is 2. The molecule has 3 aromatic rings. The van der Waals surface area contributed by atoms with E-state index in [1.807, 2.05) is 6.07 Å². The van der Waals surface area contributed by atoms with Gasteiger partial charge in [-0.2, -0.15) is 19.0 Å². The Morgan fingerprint density at radius 1 is 1.10 bits per heavy atom. The van der Waals surface area contributed by atoms with Crippen LogP contribution < -0.4 is 20.7 Å². The zero-order chi connectivity index (χ0) is 29.6. The molecule has 3 aliphatic rings. The van der Waals surface area contributed by atoms with E-state index in [1.165, 1.54) is 35.5 Å². The predicted molar refractivity (Wildman–Crippen MR) is 160 cm³/mol. The summed E-state index contributed by atoms with van der Waals surface area (Å²) in [5.41, 5.74) is 3.96. The lowest BCUT2D eigenvalue weighted by atomic mass is 10.0. The van der Waals surface area contributed by atoms with Crippen LogP contribution in [0.25, 0.3) is 0 Å². The van der Waals surface area contributed by atoms with E-state index in [2.05, 4.69) is 48.4 Å². The monoisotopic (exact) mass is 612 g/mol. The molecule has 1 aliphatic heterocycles. The van der Waals surface area contributed by atoms with Crippen LogP contribution in [0.3, 0.4) is 0 Å². The third kappa shape index (κ3) is 6.10. The van der Waals surface area contributed by atoms with E-state index < -0.39 is 13.8 Å². The molecule has 2 aromatic carbocycles. The number of nitriles is 1. The molecule has 0 bridgehead atoms. The average Bonchev–Trinajstić information content (AvgIpc) is 3.50. The van der Waals surface area contributed by atoms with Crippen molar-refractivity contribution in [2.75, 3.05) is 37.1 Å². The normalized spacial score (nSPS) is 23.5. The molecule has 42 heavy (non-hydrogen) atoms. The maximum atomic E-state index is 13.0. The van der Waals surface area contributed by atoms with Gasteiger partial charge in [0.1, 0.15) is 17.9 Å². The molecule has 3 atom stereocenters. The SMILES string of the molecule is CP(C)(=O)c1cc(OC(F)F)ccc1Nc1nc(Nc2ccc3c(c2)CC[C@@H](N2CC4C(C#N)C4C2)CC3)ncc1Cl. The third-order valence-corrected chi connectivity index (χ3v) is 10.4. The van der Waals surface area contributed by atoms with Crippen LogP contribution in [-0.4, -0.2) is 53.9 Å². The molecule has 2 aliphatic carbocycles. The summed E-state index contributed by atoms with van der Waals surface area (Å²) in [4.78, 5) is 11.5. The maximum absolute atomic E-state index is 13.0. The lowest BCUT2D eigenvalue weighted by Crippen LogP contribution is -2.35. The van der Waals surface area contributed by atoms with Crippen molar-refractivity contribution in [3.05, 3.63) is 58.7 Å². The fourth-order valence-corrected chi connectivity index (χ4v) is 7.68. The smallest absolute Gasteiger partial charge is 0.387 e.